The number of amides is 1. The van der Waals surface area contributed by atoms with Gasteiger partial charge in [-0.1, -0.05) is 6.92 Å². The topological polar surface area (TPSA) is 113 Å². The molecule has 4 aromatic rings. The number of nitrogens with zero attached hydrogens (tertiary/aromatic N) is 4. The SMILES string of the molecule is Cc1cc(-c2c(C3CCOCC3)nc(OC3CN(C(=O)C(C)CO)C3)c3cc4[nH]ncc4cc23)ccn1. The van der Waals surface area contributed by atoms with E-state index in [0.29, 0.717) is 32.2 Å². The summed E-state index contributed by atoms with van der Waals surface area (Å²) >= 11 is 0. The second-order valence-electron chi connectivity index (χ2n) is 10.2. The molecule has 0 bridgehead atoms. The van der Waals surface area contributed by atoms with Gasteiger partial charge >= 0.3 is 0 Å². The van der Waals surface area contributed by atoms with Gasteiger partial charge in [-0.3, -0.25) is 14.9 Å². The van der Waals surface area contributed by atoms with Crippen molar-refractivity contribution in [1.82, 2.24) is 25.1 Å². The number of aliphatic hydroxyl groups is 1. The summed E-state index contributed by atoms with van der Waals surface area (Å²) in [6, 6.07) is 8.37. The maximum atomic E-state index is 12.4. The Hall–Kier alpha value is -3.56. The predicted octanol–water partition coefficient (Wildman–Crippen LogP) is 3.59. The van der Waals surface area contributed by atoms with Crippen LogP contribution in [0.15, 0.2) is 36.7 Å². The molecule has 2 N–H and O–H groups in total. The Morgan fingerprint density at radius 1 is 1.24 bits per heavy atom. The number of aryl methyl sites for hydroxylation is 1. The van der Waals surface area contributed by atoms with Gasteiger partial charge in [0.25, 0.3) is 0 Å². The first kappa shape index (κ1) is 23.8. The molecule has 1 atom stereocenters. The maximum absolute atomic E-state index is 12.4. The van der Waals surface area contributed by atoms with E-state index in [4.69, 9.17) is 14.5 Å². The summed E-state index contributed by atoms with van der Waals surface area (Å²) in [6.45, 7) is 5.96. The number of nitrogens with one attached hydrogen (secondary N) is 1. The Labute approximate surface area is 214 Å². The summed E-state index contributed by atoms with van der Waals surface area (Å²) in [7, 11) is 0. The number of rotatable bonds is 6. The lowest BCUT2D eigenvalue weighted by atomic mass is 9.87. The van der Waals surface area contributed by atoms with Crippen LogP contribution in [-0.2, 0) is 9.53 Å². The summed E-state index contributed by atoms with van der Waals surface area (Å²) in [5.74, 6) is 0.367. The number of carbonyl (C=O) groups excluding carboxylic acids is 1. The first-order valence-electron chi connectivity index (χ1n) is 12.9. The average molecular weight is 502 g/mol. The van der Waals surface area contributed by atoms with E-state index in [1.165, 1.54) is 0 Å². The molecule has 6 rings (SSSR count). The number of benzene rings is 1. The number of aromatic amines is 1. The van der Waals surface area contributed by atoms with Gasteiger partial charge in [-0.2, -0.15) is 5.10 Å². The second-order valence-corrected chi connectivity index (χ2v) is 10.2. The molecule has 0 saturated carbocycles. The highest BCUT2D eigenvalue weighted by molar-refractivity contribution is 6.06. The van der Waals surface area contributed by atoms with Crippen LogP contribution < -0.4 is 4.74 Å². The number of aliphatic hydroxyl groups excluding tert-OH is 1. The molecule has 2 aliphatic heterocycles. The molecule has 2 aliphatic rings. The van der Waals surface area contributed by atoms with Crippen LogP contribution >= 0.6 is 0 Å². The highest BCUT2D eigenvalue weighted by Gasteiger charge is 2.35. The Balaban J connectivity index is 1.47. The molecule has 1 amide bonds. The third-order valence-corrected chi connectivity index (χ3v) is 7.48. The Kier molecular flexibility index (Phi) is 6.26. The molecule has 37 heavy (non-hydrogen) atoms. The van der Waals surface area contributed by atoms with Gasteiger partial charge in [0.1, 0.15) is 6.10 Å². The monoisotopic (exact) mass is 501 g/mol. The molecular formula is C28H31N5O4. The largest absolute Gasteiger partial charge is 0.470 e. The Bertz CT molecular complexity index is 1460. The Morgan fingerprint density at radius 2 is 2.05 bits per heavy atom. The number of likely N-dealkylation sites (tertiary alicyclic amines) is 1. The summed E-state index contributed by atoms with van der Waals surface area (Å²) in [4.78, 5) is 23.8. The summed E-state index contributed by atoms with van der Waals surface area (Å²) in [6.07, 6.45) is 5.32. The van der Waals surface area contributed by atoms with E-state index in [1.807, 2.05) is 25.4 Å². The van der Waals surface area contributed by atoms with E-state index in [9.17, 15) is 9.90 Å². The van der Waals surface area contributed by atoms with Crippen LogP contribution in [-0.4, -0.2) is 75.1 Å². The van der Waals surface area contributed by atoms with Crippen LogP contribution in [0.5, 0.6) is 5.88 Å². The van der Waals surface area contributed by atoms with Crippen LogP contribution in [0.4, 0.5) is 0 Å². The molecule has 0 aliphatic carbocycles. The third kappa shape index (κ3) is 4.42. The lowest BCUT2D eigenvalue weighted by molar-refractivity contribution is -0.145. The van der Waals surface area contributed by atoms with Gasteiger partial charge in [0, 0.05) is 47.4 Å². The molecule has 2 saturated heterocycles. The molecule has 9 nitrogen and oxygen atoms in total. The van der Waals surface area contributed by atoms with E-state index in [2.05, 4.69) is 33.4 Å². The van der Waals surface area contributed by atoms with Crippen molar-refractivity contribution in [3.63, 3.8) is 0 Å². The molecule has 0 radical (unpaired) electrons. The zero-order valence-corrected chi connectivity index (χ0v) is 21.1. The molecule has 9 heteroatoms. The fourth-order valence-corrected chi connectivity index (χ4v) is 5.34. The lowest BCUT2D eigenvalue weighted by Gasteiger charge is -2.40. The van der Waals surface area contributed by atoms with Crippen LogP contribution in [0.25, 0.3) is 32.8 Å². The number of carbonyl (C=O) groups is 1. The number of aromatic nitrogens is 4. The summed E-state index contributed by atoms with van der Waals surface area (Å²) in [5.41, 5.74) is 5.06. The molecule has 1 unspecified atom stereocenters. The molecule has 192 valence electrons. The van der Waals surface area contributed by atoms with Crippen molar-refractivity contribution in [1.29, 1.82) is 0 Å². The van der Waals surface area contributed by atoms with E-state index < -0.39 is 5.92 Å². The number of fused-ring (bicyclic) bond motifs is 2. The number of H-pyrrole nitrogens is 1. The van der Waals surface area contributed by atoms with E-state index >= 15 is 0 Å². The number of pyridine rings is 2. The average Bonchev–Trinajstić information content (AvgIpc) is 3.36. The highest BCUT2D eigenvalue weighted by Crippen LogP contribution is 2.43. The van der Waals surface area contributed by atoms with Gasteiger partial charge < -0.3 is 19.5 Å². The first-order valence-corrected chi connectivity index (χ1v) is 12.9. The molecule has 5 heterocycles. The van der Waals surface area contributed by atoms with Crippen molar-refractivity contribution in [2.45, 2.75) is 38.7 Å². The van der Waals surface area contributed by atoms with Crippen LogP contribution in [0.1, 0.15) is 37.1 Å². The van der Waals surface area contributed by atoms with Gasteiger partial charge in [-0.15, -0.1) is 0 Å². The fourth-order valence-electron chi connectivity index (χ4n) is 5.34. The molecule has 2 fully saturated rings. The molecule has 3 aromatic heterocycles. The van der Waals surface area contributed by atoms with Crippen molar-refractivity contribution in [2.24, 2.45) is 5.92 Å². The maximum Gasteiger partial charge on any atom is 0.227 e. The van der Waals surface area contributed by atoms with Crippen molar-refractivity contribution in [3.05, 3.63) is 48.0 Å². The normalized spacial score (nSPS) is 17.8. The predicted molar refractivity (Wildman–Crippen MR) is 139 cm³/mol. The minimum atomic E-state index is -0.406. The van der Waals surface area contributed by atoms with Crippen LogP contribution in [0, 0.1) is 12.8 Å². The number of ether oxygens (including phenoxy) is 2. The van der Waals surface area contributed by atoms with E-state index in [1.54, 1.807) is 11.8 Å². The van der Waals surface area contributed by atoms with E-state index in [-0.39, 0.29) is 24.5 Å². The standard InChI is InChI=1S/C28H31N5O4/c1-16(15-34)28(35)33-13-21(14-33)37-27-23-11-24-20(12-30-32-24)10-22(23)25(19-3-6-29-17(2)9-19)26(31-27)18-4-7-36-8-5-18/h3,6,9-12,16,18,21,34H,4-5,7-8,13-15H2,1-2H3,(H,30,32). The number of hydrogen-bond donors (Lipinski definition) is 2. The lowest BCUT2D eigenvalue weighted by Crippen LogP contribution is -2.57. The van der Waals surface area contributed by atoms with Crippen LogP contribution in [0.3, 0.4) is 0 Å². The van der Waals surface area contributed by atoms with Gasteiger partial charge in [0.05, 0.1) is 43.0 Å². The minimum Gasteiger partial charge on any atom is -0.470 e. The molecule has 1 aromatic carbocycles. The zero-order valence-electron chi connectivity index (χ0n) is 21.1. The van der Waals surface area contributed by atoms with Gasteiger partial charge in [-0.05, 0) is 55.0 Å². The van der Waals surface area contributed by atoms with Crippen molar-refractivity contribution in [3.8, 4) is 17.0 Å². The third-order valence-electron chi connectivity index (χ3n) is 7.48. The van der Waals surface area contributed by atoms with E-state index in [0.717, 1.165) is 57.0 Å². The second kappa shape index (κ2) is 9.72. The van der Waals surface area contributed by atoms with Gasteiger partial charge in [0.15, 0.2) is 0 Å². The van der Waals surface area contributed by atoms with Crippen molar-refractivity contribution < 1.29 is 19.4 Å². The summed E-state index contributed by atoms with van der Waals surface area (Å²) in [5, 5.41) is 19.7. The Morgan fingerprint density at radius 3 is 2.81 bits per heavy atom. The fraction of sp³-hybridized carbons (Fsp3) is 0.429. The molecular weight excluding hydrogens is 470 g/mol. The number of hydrogen-bond acceptors (Lipinski definition) is 7. The van der Waals surface area contributed by atoms with Crippen LogP contribution in [0.2, 0.25) is 0 Å². The van der Waals surface area contributed by atoms with Crippen molar-refractivity contribution in [2.75, 3.05) is 32.9 Å². The zero-order chi connectivity index (χ0) is 25.5. The van der Waals surface area contributed by atoms with Crippen molar-refractivity contribution >= 4 is 27.6 Å². The minimum absolute atomic E-state index is 0.0503. The quantitative estimate of drug-likeness (QED) is 0.415. The highest BCUT2D eigenvalue weighted by atomic mass is 16.5. The van der Waals surface area contributed by atoms with Gasteiger partial charge in [-0.25, -0.2) is 4.98 Å². The smallest absolute Gasteiger partial charge is 0.227 e. The first-order chi connectivity index (χ1) is 18.0. The molecule has 0 spiro atoms. The summed E-state index contributed by atoms with van der Waals surface area (Å²) < 4.78 is 12.2. The van der Waals surface area contributed by atoms with Gasteiger partial charge in [0.2, 0.25) is 11.8 Å².